The van der Waals surface area contributed by atoms with E-state index in [-0.39, 0.29) is 5.69 Å². The zero-order chi connectivity index (χ0) is 13.2. The van der Waals surface area contributed by atoms with Gasteiger partial charge in [0.1, 0.15) is 5.69 Å². The SMILES string of the molecule is CCCCn1c(C)c([N+](=O)[O-])c(=O)n(C)c1=O. The van der Waals surface area contributed by atoms with Crippen LogP contribution in [-0.4, -0.2) is 14.1 Å². The Morgan fingerprint density at radius 1 is 1.35 bits per heavy atom. The van der Waals surface area contributed by atoms with Crippen LogP contribution < -0.4 is 11.2 Å². The third-order valence-electron chi connectivity index (χ3n) is 2.69. The fourth-order valence-corrected chi connectivity index (χ4v) is 1.64. The highest BCUT2D eigenvalue weighted by molar-refractivity contribution is 5.31. The van der Waals surface area contributed by atoms with Gasteiger partial charge in [0, 0.05) is 13.6 Å². The number of hydrogen-bond donors (Lipinski definition) is 0. The van der Waals surface area contributed by atoms with E-state index in [1.54, 1.807) is 0 Å². The molecule has 0 N–H and O–H groups in total. The van der Waals surface area contributed by atoms with E-state index in [0.29, 0.717) is 6.54 Å². The van der Waals surface area contributed by atoms with Crippen LogP contribution in [0.25, 0.3) is 0 Å². The summed E-state index contributed by atoms with van der Waals surface area (Å²) in [6.07, 6.45) is 1.60. The van der Waals surface area contributed by atoms with Crippen molar-refractivity contribution in [1.82, 2.24) is 9.13 Å². The second-order valence-corrected chi connectivity index (χ2v) is 3.84. The van der Waals surface area contributed by atoms with Gasteiger partial charge in [-0.25, -0.2) is 4.79 Å². The molecule has 17 heavy (non-hydrogen) atoms. The van der Waals surface area contributed by atoms with Crippen molar-refractivity contribution in [2.75, 3.05) is 0 Å². The first-order valence-corrected chi connectivity index (χ1v) is 5.36. The number of aromatic nitrogens is 2. The maximum absolute atomic E-state index is 11.8. The molecule has 0 unspecified atom stereocenters. The fraction of sp³-hybridized carbons (Fsp3) is 0.600. The number of nitro groups is 1. The van der Waals surface area contributed by atoms with Gasteiger partial charge < -0.3 is 0 Å². The third-order valence-corrected chi connectivity index (χ3v) is 2.69. The smallest absolute Gasteiger partial charge is 0.291 e. The van der Waals surface area contributed by atoms with Crippen molar-refractivity contribution >= 4 is 5.69 Å². The lowest BCUT2D eigenvalue weighted by Crippen LogP contribution is -2.40. The van der Waals surface area contributed by atoms with Gasteiger partial charge >= 0.3 is 16.9 Å². The van der Waals surface area contributed by atoms with Gasteiger partial charge in [0.15, 0.2) is 0 Å². The van der Waals surface area contributed by atoms with Gasteiger partial charge in [-0.2, -0.15) is 0 Å². The molecule has 0 aromatic carbocycles. The Kier molecular flexibility index (Phi) is 3.82. The first-order valence-electron chi connectivity index (χ1n) is 5.36. The average molecular weight is 241 g/mol. The lowest BCUT2D eigenvalue weighted by Gasteiger charge is -2.10. The normalized spacial score (nSPS) is 10.5. The van der Waals surface area contributed by atoms with Crippen LogP contribution in [0.2, 0.25) is 0 Å². The van der Waals surface area contributed by atoms with Crippen molar-refractivity contribution in [3.8, 4) is 0 Å². The summed E-state index contributed by atoms with van der Waals surface area (Å²) in [5.41, 5.74) is -1.77. The van der Waals surface area contributed by atoms with Gasteiger partial charge in [0.2, 0.25) is 0 Å². The highest BCUT2D eigenvalue weighted by Crippen LogP contribution is 2.10. The molecular weight excluding hydrogens is 226 g/mol. The summed E-state index contributed by atoms with van der Waals surface area (Å²) in [7, 11) is 1.25. The summed E-state index contributed by atoms with van der Waals surface area (Å²) in [6, 6.07) is 0. The summed E-state index contributed by atoms with van der Waals surface area (Å²) >= 11 is 0. The Balaban J connectivity index is 3.56. The molecular formula is C10H15N3O4. The van der Waals surface area contributed by atoms with Crippen molar-refractivity contribution in [2.24, 2.45) is 7.05 Å². The van der Waals surface area contributed by atoms with Crippen LogP contribution in [0, 0.1) is 17.0 Å². The number of rotatable bonds is 4. The van der Waals surface area contributed by atoms with E-state index < -0.39 is 21.9 Å². The molecule has 0 saturated heterocycles. The highest BCUT2D eigenvalue weighted by Gasteiger charge is 2.23. The van der Waals surface area contributed by atoms with Crippen LogP contribution in [0.15, 0.2) is 9.59 Å². The standard InChI is InChI=1S/C10H15N3O4/c1-4-5-6-12-7(2)8(13(16)17)9(14)11(3)10(12)15/h4-6H2,1-3H3. The van der Waals surface area contributed by atoms with Gasteiger partial charge in [0.25, 0.3) is 0 Å². The van der Waals surface area contributed by atoms with Crippen LogP contribution in [0.4, 0.5) is 5.69 Å². The van der Waals surface area contributed by atoms with Crippen LogP contribution in [0.1, 0.15) is 25.5 Å². The van der Waals surface area contributed by atoms with Crippen LogP contribution in [0.5, 0.6) is 0 Å². The highest BCUT2D eigenvalue weighted by atomic mass is 16.6. The third kappa shape index (κ3) is 2.27. The number of unbranched alkanes of at least 4 members (excludes halogenated alkanes) is 1. The Labute approximate surface area is 97.5 Å². The molecule has 0 atom stereocenters. The predicted octanol–water partition coefficient (Wildman–Crippen LogP) is 0.564. The van der Waals surface area contributed by atoms with E-state index in [1.807, 2.05) is 6.92 Å². The monoisotopic (exact) mass is 241 g/mol. The fourth-order valence-electron chi connectivity index (χ4n) is 1.64. The van der Waals surface area contributed by atoms with Gasteiger partial charge in [-0.05, 0) is 13.3 Å². The summed E-state index contributed by atoms with van der Waals surface area (Å²) < 4.78 is 2.06. The van der Waals surface area contributed by atoms with Gasteiger partial charge in [-0.3, -0.25) is 24.0 Å². The maximum atomic E-state index is 11.8. The topological polar surface area (TPSA) is 87.1 Å². The summed E-state index contributed by atoms with van der Waals surface area (Å²) in [4.78, 5) is 33.5. The minimum absolute atomic E-state index is 0.122. The van der Waals surface area contributed by atoms with E-state index >= 15 is 0 Å². The lowest BCUT2D eigenvalue weighted by atomic mass is 10.3. The van der Waals surface area contributed by atoms with Crippen molar-refractivity contribution in [3.63, 3.8) is 0 Å². The van der Waals surface area contributed by atoms with Crippen molar-refractivity contribution in [1.29, 1.82) is 0 Å². The second-order valence-electron chi connectivity index (χ2n) is 3.84. The molecule has 0 radical (unpaired) electrons. The average Bonchev–Trinajstić information content (AvgIpc) is 2.26. The largest absolute Gasteiger partial charge is 0.353 e. The zero-order valence-corrected chi connectivity index (χ0v) is 10.1. The molecule has 1 heterocycles. The molecule has 0 spiro atoms. The molecule has 0 bridgehead atoms. The Morgan fingerprint density at radius 3 is 2.41 bits per heavy atom. The molecule has 0 saturated carbocycles. The predicted molar refractivity (Wildman–Crippen MR) is 62.2 cm³/mol. The molecule has 7 heteroatoms. The summed E-state index contributed by atoms with van der Waals surface area (Å²) in [5.74, 6) is 0. The summed E-state index contributed by atoms with van der Waals surface area (Å²) in [6.45, 7) is 3.77. The number of nitrogens with zero attached hydrogens (tertiary/aromatic N) is 3. The van der Waals surface area contributed by atoms with Crippen molar-refractivity contribution in [3.05, 3.63) is 36.6 Å². The first-order chi connectivity index (χ1) is 7.91. The second kappa shape index (κ2) is 4.94. The molecule has 1 aromatic rings. The van der Waals surface area contributed by atoms with E-state index in [2.05, 4.69) is 0 Å². The van der Waals surface area contributed by atoms with Crippen molar-refractivity contribution in [2.45, 2.75) is 33.2 Å². The molecule has 7 nitrogen and oxygen atoms in total. The maximum Gasteiger partial charge on any atom is 0.353 e. The van der Waals surface area contributed by atoms with E-state index in [0.717, 1.165) is 17.4 Å². The molecule has 1 aromatic heterocycles. The van der Waals surface area contributed by atoms with Gasteiger partial charge in [-0.1, -0.05) is 13.3 Å². The summed E-state index contributed by atoms with van der Waals surface area (Å²) in [5, 5.41) is 10.8. The lowest BCUT2D eigenvalue weighted by molar-refractivity contribution is -0.387. The van der Waals surface area contributed by atoms with Crippen molar-refractivity contribution < 1.29 is 4.92 Å². The molecule has 0 fully saturated rings. The van der Waals surface area contributed by atoms with Gasteiger partial charge in [-0.15, -0.1) is 0 Å². The van der Waals surface area contributed by atoms with E-state index in [4.69, 9.17) is 0 Å². The van der Waals surface area contributed by atoms with Crippen LogP contribution >= 0.6 is 0 Å². The Bertz CT molecular complexity index is 556. The Morgan fingerprint density at radius 2 is 1.94 bits per heavy atom. The molecule has 1 rings (SSSR count). The number of hydrogen-bond acceptors (Lipinski definition) is 4. The van der Waals surface area contributed by atoms with E-state index in [9.17, 15) is 19.7 Å². The minimum atomic E-state index is -0.856. The first kappa shape index (κ1) is 13.1. The Hall–Kier alpha value is -1.92. The molecule has 0 amide bonds. The van der Waals surface area contributed by atoms with Crippen LogP contribution in [-0.2, 0) is 13.6 Å². The van der Waals surface area contributed by atoms with Crippen LogP contribution in [0.3, 0.4) is 0 Å². The molecule has 94 valence electrons. The van der Waals surface area contributed by atoms with Gasteiger partial charge in [0.05, 0.1) is 4.92 Å². The minimum Gasteiger partial charge on any atom is -0.291 e. The van der Waals surface area contributed by atoms with E-state index in [1.165, 1.54) is 18.5 Å². The zero-order valence-electron chi connectivity index (χ0n) is 10.1. The molecule has 0 aliphatic carbocycles. The quantitative estimate of drug-likeness (QED) is 0.569. The molecule has 0 aliphatic rings. The molecule has 0 aliphatic heterocycles.